The molecule has 0 aliphatic rings. The summed E-state index contributed by atoms with van der Waals surface area (Å²) in [6.45, 7) is 2.94. The van der Waals surface area contributed by atoms with Crippen molar-refractivity contribution in [2.24, 2.45) is 11.5 Å². The molecule has 0 spiro atoms. The fourth-order valence-electron chi connectivity index (χ4n) is 4.60. The fraction of sp³-hybridized carbons (Fsp3) is 0.893. The van der Waals surface area contributed by atoms with Crippen LogP contribution < -0.4 is 11.5 Å². The summed E-state index contributed by atoms with van der Waals surface area (Å²) in [6, 6.07) is -1.99. The minimum Gasteiger partial charge on any atom is -0.481 e. The van der Waals surface area contributed by atoms with E-state index in [1.165, 1.54) is 81.9 Å². The van der Waals surface area contributed by atoms with Gasteiger partial charge in [-0.2, -0.15) is 0 Å². The van der Waals surface area contributed by atoms with Crippen LogP contribution >= 0.6 is 0 Å². The van der Waals surface area contributed by atoms with Gasteiger partial charge in [0, 0.05) is 13.0 Å². The molecule has 0 radical (unpaired) electrons. The van der Waals surface area contributed by atoms with Crippen LogP contribution in [0.5, 0.6) is 0 Å². The summed E-state index contributed by atoms with van der Waals surface area (Å²) < 4.78 is 0. The van der Waals surface area contributed by atoms with Crippen LogP contribution in [0.1, 0.15) is 135 Å². The number of carboxylic acids is 2. The van der Waals surface area contributed by atoms with Gasteiger partial charge in [-0.3, -0.25) is 9.59 Å². The smallest absolute Gasteiger partial charge is 0.326 e. The van der Waals surface area contributed by atoms with Crippen molar-refractivity contribution >= 4 is 17.8 Å². The predicted octanol–water partition coefficient (Wildman–Crippen LogP) is 5.46. The van der Waals surface area contributed by atoms with E-state index in [-0.39, 0.29) is 19.4 Å². The minimum atomic E-state index is -1.19. The maximum absolute atomic E-state index is 12.9. The third-order valence-electron chi connectivity index (χ3n) is 6.87. The SMILES string of the molecule is CCCCCCCCCCCCCCCCCCN(C(=O)[C@H](N)CCCN)[C@@H](CCC(=O)O)C(=O)O. The average Bonchev–Trinajstić information content (AvgIpc) is 2.84. The van der Waals surface area contributed by atoms with Gasteiger partial charge in [0.1, 0.15) is 6.04 Å². The first kappa shape index (κ1) is 34.3. The monoisotopic (exact) mass is 513 g/mol. The Hall–Kier alpha value is -1.67. The standard InChI is InChI=1S/C28H55N3O5/c1-2-3-4-5-6-7-8-9-10-11-12-13-14-15-16-17-23-31(27(34)24(30)19-18-22-29)25(28(35)36)20-21-26(32)33/h24-25H,2-23,29-30H2,1H3,(H,32,33)(H,35,36)/t24-,25+/m1/s1. The van der Waals surface area contributed by atoms with Crippen molar-refractivity contribution in [2.75, 3.05) is 13.1 Å². The van der Waals surface area contributed by atoms with Gasteiger partial charge in [-0.25, -0.2) is 4.79 Å². The lowest BCUT2D eigenvalue weighted by molar-refractivity contribution is -0.152. The molecular formula is C28H55N3O5. The van der Waals surface area contributed by atoms with Crippen LogP contribution in [0.15, 0.2) is 0 Å². The number of amides is 1. The van der Waals surface area contributed by atoms with Crippen molar-refractivity contribution in [2.45, 2.75) is 147 Å². The molecule has 0 aliphatic heterocycles. The number of carbonyl (C=O) groups excluding carboxylic acids is 1. The number of nitrogens with two attached hydrogens (primary N) is 2. The highest BCUT2D eigenvalue weighted by Gasteiger charge is 2.32. The van der Waals surface area contributed by atoms with Crippen molar-refractivity contribution in [1.82, 2.24) is 4.90 Å². The van der Waals surface area contributed by atoms with Crippen molar-refractivity contribution in [3.05, 3.63) is 0 Å². The topological polar surface area (TPSA) is 147 Å². The van der Waals surface area contributed by atoms with Gasteiger partial charge >= 0.3 is 11.9 Å². The molecule has 8 nitrogen and oxygen atoms in total. The Balaban J connectivity index is 4.20. The molecular weight excluding hydrogens is 458 g/mol. The lowest BCUT2D eigenvalue weighted by Gasteiger charge is -2.31. The molecule has 0 rings (SSSR count). The van der Waals surface area contributed by atoms with Crippen molar-refractivity contribution in [3.63, 3.8) is 0 Å². The van der Waals surface area contributed by atoms with Gasteiger partial charge in [-0.1, -0.05) is 103 Å². The van der Waals surface area contributed by atoms with Crippen LogP contribution in [0.3, 0.4) is 0 Å². The molecule has 0 aromatic carbocycles. The quantitative estimate of drug-likeness (QED) is 0.112. The summed E-state index contributed by atoms with van der Waals surface area (Å²) in [5, 5.41) is 18.6. The molecule has 0 saturated carbocycles. The molecule has 2 atom stereocenters. The highest BCUT2D eigenvalue weighted by atomic mass is 16.4. The first-order valence-corrected chi connectivity index (χ1v) is 14.6. The number of rotatable bonds is 26. The van der Waals surface area contributed by atoms with Crippen LogP contribution in [0.4, 0.5) is 0 Å². The first-order valence-electron chi connectivity index (χ1n) is 14.6. The lowest BCUT2D eigenvalue weighted by atomic mass is 10.0. The Morgan fingerprint density at radius 2 is 1.14 bits per heavy atom. The Morgan fingerprint density at radius 3 is 1.53 bits per heavy atom. The second-order valence-corrected chi connectivity index (χ2v) is 10.2. The molecule has 6 N–H and O–H groups in total. The second-order valence-electron chi connectivity index (χ2n) is 10.2. The van der Waals surface area contributed by atoms with E-state index in [4.69, 9.17) is 16.6 Å². The normalized spacial score (nSPS) is 12.9. The second kappa shape index (κ2) is 23.7. The summed E-state index contributed by atoms with van der Waals surface area (Å²) in [5.74, 6) is -2.70. The van der Waals surface area contributed by atoms with E-state index in [0.29, 0.717) is 25.8 Å². The zero-order valence-electron chi connectivity index (χ0n) is 22.9. The highest BCUT2D eigenvalue weighted by molar-refractivity contribution is 5.87. The number of nitrogens with zero attached hydrogens (tertiary/aromatic N) is 1. The molecule has 0 unspecified atom stereocenters. The van der Waals surface area contributed by atoms with E-state index in [1.54, 1.807) is 0 Å². The third kappa shape index (κ3) is 18.6. The largest absolute Gasteiger partial charge is 0.481 e. The molecule has 0 aliphatic carbocycles. The van der Waals surface area contributed by atoms with E-state index >= 15 is 0 Å². The Kier molecular flexibility index (Phi) is 22.6. The number of carbonyl (C=O) groups is 3. The summed E-state index contributed by atoms with van der Waals surface area (Å²) in [4.78, 5) is 37.0. The van der Waals surface area contributed by atoms with Crippen molar-refractivity contribution in [1.29, 1.82) is 0 Å². The van der Waals surface area contributed by atoms with Gasteiger partial charge < -0.3 is 26.6 Å². The molecule has 0 aromatic heterocycles. The lowest BCUT2D eigenvalue weighted by Crippen LogP contribution is -2.52. The Labute approximate surface area is 219 Å². The van der Waals surface area contributed by atoms with E-state index < -0.39 is 29.9 Å². The van der Waals surface area contributed by atoms with E-state index in [2.05, 4.69) is 6.92 Å². The Bertz CT molecular complexity index is 573. The van der Waals surface area contributed by atoms with Gasteiger partial charge in [0.15, 0.2) is 0 Å². The van der Waals surface area contributed by atoms with Gasteiger partial charge in [0.05, 0.1) is 6.04 Å². The van der Waals surface area contributed by atoms with E-state index in [9.17, 15) is 19.5 Å². The molecule has 8 heteroatoms. The molecule has 0 saturated heterocycles. The fourth-order valence-corrected chi connectivity index (χ4v) is 4.60. The Morgan fingerprint density at radius 1 is 0.694 bits per heavy atom. The van der Waals surface area contributed by atoms with Gasteiger partial charge in [0.2, 0.25) is 5.91 Å². The molecule has 212 valence electrons. The van der Waals surface area contributed by atoms with Gasteiger partial charge in [0.25, 0.3) is 0 Å². The van der Waals surface area contributed by atoms with Gasteiger partial charge in [-0.15, -0.1) is 0 Å². The summed E-state index contributed by atoms with van der Waals surface area (Å²) in [7, 11) is 0. The molecule has 0 aromatic rings. The van der Waals surface area contributed by atoms with Crippen molar-refractivity contribution in [3.8, 4) is 0 Å². The number of hydrogen-bond donors (Lipinski definition) is 4. The predicted molar refractivity (Wildman–Crippen MR) is 146 cm³/mol. The molecule has 0 fully saturated rings. The zero-order chi connectivity index (χ0) is 27.0. The molecule has 0 heterocycles. The van der Waals surface area contributed by atoms with Crippen LogP contribution in [0, 0.1) is 0 Å². The summed E-state index contributed by atoms with van der Waals surface area (Å²) in [6.07, 6.45) is 20.3. The number of aliphatic carboxylic acids is 2. The minimum absolute atomic E-state index is 0.126. The summed E-state index contributed by atoms with van der Waals surface area (Å²) in [5.41, 5.74) is 11.5. The van der Waals surface area contributed by atoms with Crippen LogP contribution in [0.25, 0.3) is 0 Å². The maximum Gasteiger partial charge on any atom is 0.326 e. The van der Waals surface area contributed by atoms with Crippen LogP contribution in [0.2, 0.25) is 0 Å². The zero-order valence-corrected chi connectivity index (χ0v) is 22.9. The molecule has 0 bridgehead atoms. The molecule has 1 amide bonds. The van der Waals surface area contributed by atoms with Crippen molar-refractivity contribution < 1.29 is 24.6 Å². The first-order chi connectivity index (χ1) is 17.3. The van der Waals surface area contributed by atoms with Gasteiger partial charge in [-0.05, 0) is 32.2 Å². The van der Waals surface area contributed by atoms with Crippen LogP contribution in [-0.2, 0) is 14.4 Å². The van der Waals surface area contributed by atoms with E-state index in [1.807, 2.05) is 0 Å². The number of unbranched alkanes of at least 4 members (excludes halogenated alkanes) is 15. The van der Waals surface area contributed by atoms with Crippen LogP contribution in [-0.4, -0.2) is 58.1 Å². The molecule has 36 heavy (non-hydrogen) atoms. The number of carboxylic acid groups (broad SMARTS) is 2. The third-order valence-corrected chi connectivity index (χ3v) is 6.87. The highest BCUT2D eigenvalue weighted by Crippen LogP contribution is 2.16. The summed E-state index contributed by atoms with van der Waals surface area (Å²) >= 11 is 0. The van der Waals surface area contributed by atoms with E-state index in [0.717, 1.165) is 19.3 Å². The maximum atomic E-state index is 12.9. The number of hydrogen-bond acceptors (Lipinski definition) is 5. The average molecular weight is 514 g/mol.